The van der Waals surface area contributed by atoms with Gasteiger partial charge < -0.3 is 14.6 Å². The van der Waals surface area contributed by atoms with Crippen LogP contribution in [0.1, 0.15) is 54.1 Å². The molecular weight excluding hydrogens is 452 g/mol. The van der Waals surface area contributed by atoms with Crippen molar-refractivity contribution in [2.24, 2.45) is 5.92 Å². The fourth-order valence-corrected chi connectivity index (χ4v) is 6.88. The summed E-state index contributed by atoms with van der Waals surface area (Å²) >= 11 is 1.33. The average Bonchev–Trinajstić information content (AvgIpc) is 3.27. The number of hydrogen-bond acceptors (Lipinski definition) is 7. The third kappa shape index (κ3) is 4.60. The smallest absolute Gasteiger partial charge is 0.341 e. The fraction of sp³-hybridized carbons (Fsp3) is 0.571. The summed E-state index contributed by atoms with van der Waals surface area (Å²) in [6.07, 6.45) is 1.14. The monoisotopic (exact) mass is 482 g/mol. The van der Waals surface area contributed by atoms with Crippen molar-refractivity contribution in [3.05, 3.63) is 28.0 Å². The van der Waals surface area contributed by atoms with E-state index in [1.807, 2.05) is 19.2 Å². The number of carbonyl (C=O) groups is 2. The number of esters is 1. The Morgan fingerprint density at radius 2 is 1.97 bits per heavy atom. The van der Waals surface area contributed by atoms with Crippen molar-refractivity contribution in [2.45, 2.75) is 58.9 Å². The summed E-state index contributed by atoms with van der Waals surface area (Å²) in [6, 6.07) is 0. The first-order valence-corrected chi connectivity index (χ1v) is 13.0. The van der Waals surface area contributed by atoms with Crippen molar-refractivity contribution in [3.8, 4) is 0 Å². The van der Waals surface area contributed by atoms with E-state index in [-0.39, 0.29) is 29.5 Å². The van der Waals surface area contributed by atoms with Gasteiger partial charge in [0.25, 0.3) is 0 Å². The summed E-state index contributed by atoms with van der Waals surface area (Å²) in [5.74, 6) is -1.39. The summed E-state index contributed by atoms with van der Waals surface area (Å²) in [5.41, 5.74) is 1.96. The third-order valence-corrected chi connectivity index (χ3v) is 8.63. The van der Waals surface area contributed by atoms with Crippen LogP contribution in [-0.4, -0.2) is 53.8 Å². The van der Waals surface area contributed by atoms with Crippen LogP contribution in [0.25, 0.3) is 0 Å². The molecule has 0 bridgehead atoms. The topological polar surface area (TPSA) is 111 Å². The number of ether oxygens (including phenoxy) is 1. The largest absolute Gasteiger partial charge is 0.462 e. The Hall–Kier alpha value is -2.24. The molecular formula is C21H30N4O5S2. The Bertz CT molecular complexity index is 1120. The van der Waals surface area contributed by atoms with Gasteiger partial charge in [0, 0.05) is 36.4 Å². The van der Waals surface area contributed by atoms with Crippen LogP contribution in [0.3, 0.4) is 0 Å². The zero-order valence-electron chi connectivity index (χ0n) is 19.1. The van der Waals surface area contributed by atoms with E-state index >= 15 is 0 Å². The second-order valence-electron chi connectivity index (χ2n) is 7.83. The van der Waals surface area contributed by atoms with Gasteiger partial charge in [-0.1, -0.05) is 0 Å². The molecule has 32 heavy (non-hydrogen) atoms. The highest BCUT2D eigenvalue weighted by atomic mass is 32.2. The molecule has 0 radical (unpaired) electrons. The molecule has 2 aromatic heterocycles. The molecule has 2 aromatic rings. The first kappa shape index (κ1) is 24.4. The van der Waals surface area contributed by atoms with Crippen LogP contribution in [0.5, 0.6) is 0 Å². The number of carbonyl (C=O) groups excluding carboxylic acids is 2. The lowest BCUT2D eigenvalue weighted by Gasteiger charge is -2.31. The second-order valence-corrected chi connectivity index (χ2v) is 10.6. The number of rotatable bonds is 7. The number of amides is 1. The number of aryl methyl sites for hydroxylation is 1. The van der Waals surface area contributed by atoms with Gasteiger partial charge in [-0.3, -0.25) is 4.79 Å². The summed E-state index contributed by atoms with van der Waals surface area (Å²) in [4.78, 5) is 29.7. The maximum atomic E-state index is 13.7. The molecule has 176 valence electrons. The van der Waals surface area contributed by atoms with Crippen LogP contribution in [-0.2, 0) is 26.1 Å². The maximum absolute atomic E-state index is 13.7. The maximum Gasteiger partial charge on any atom is 0.341 e. The third-order valence-electron chi connectivity index (χ3n) is 5.72. The minimum absolute atomic E-state index is 0.0214. The molecule has 0 saturated carbocycles. The van der Waals surface area contributed by atoms with Gasteiger partial charge in [-0.15, -0.1) is 11.3 Å². The summed E-state index contributed by atoms with van der Waals surface area (Å²) < 4.78 is 35.7. The lowest BCUT2D eigenvalue weighted by atomic mass is 9.99. The minimum atomic E-state index is -4.01. The number of aromatic nitrogens is 2. The standard InChI is InChI=1S/C21H30N4O5S2/c1-6-25-14(4)17(20(27)30-7-2)18(15(25)5)32(28,29)24-10-8-9-16(11-24)19(26)23-21-22-13(3)12-31-21/h12,16H,6-11H2,1-5H3,(H,22,23,26)/t16-/m0/s1. The summed E-state index contributed by atoms with van der Waals surface area (Å²) in [5, 5.41) is 5.14. The molecule has 1 atom stereocenters. The van der Waals surface area contributed by atoms with Crippen LogP contribution in [0, 0.1) is 26.7 Å². The minimum Gasteiger partial charge on any atom is -0.462 e. The zero-order chi connectivity index (χ0) is 23.6. The van der Waals surface area contributed by atoms with Gasteiger partial charge in [-0.2, -0.15) is 4.31 Å². The van der Waals surface area contributed by atoms with E-state index in [1.165, 1.54) is 15.6 Å². The molecule has 1 saturated heterocycles. The Morgan fingerprint density at radius 1 is 1.25 bits per heavy atom. The molecule has 1 fully saturated rings. The van der Waals surface area contributed by atoms with Gasteiger partial charge in [0.15, 0.2) is 5.13 Å². The molecule has 0 aliphatic carbocycles. The Balaban J connectivity index is 1.92. The van der Waals surface area contributed by atoms with Gasteiger partial charge in [0.05, 0.1) is 18.2 Å². The van der Waals surface area contributed by atoms with Crippen LogP contribution < -0.4 is 5.32 Å². The lowest BCUT2D eigenvalue weighted by molar-refractivity contribution is -0.120. The van der Waals surface area contributed by atoms with E-state index in [0.29, 0.717) is 42.5 Å². The van der Waals surface area contributed by atoms with Gasteiger partial charge >= 0.3 is 5.97 Å². The van der Waals surface area contributed by atoms with Crippen LogP contribution in [0.2, 0.25) is 0 Å². The van der Waals surface area contributed by atoms with Gasteiger partial charge in [0.2, 0.25) is 15.9 Å². The van der Waals surface area contributed by atoms with E-state index in [4.69, 9.17) is 4.74 Å². The second kappa shape index (κ2) is 9.72. The molecule has 11 heteroatoms. The molecule has 0 aromatic carbocycles. The van der Waals surface area contributed by atoms with Gasteiger partial charge in [-0.05, 0) is 47.5 Å². The van der Waals surface area contributed by atoms with Crippen molar-refractivity contribution < 1.29 is 22.7 Å². The van der Waals surface area contributed by atoms with Crippen molar-refractivity contribution >= 4 is 38.4 Å². The van der Waals surface area contributed by atoms with Gasteiger partial charge in [0.1, 0.15) is 10.5 Å². The van der Waals surface area contributed by atoms with Crippen molar-refractivity contribution in [1.29, 1.82) is 0 Å². The lowest BCUT2D eigenvalue weighted by Crippen LogP contribution is -2.44. The molecule has 3 heterocycles. The highest BCUT2D eigenvalue weighted by Gasteiger charge is 2.39. The van der Waals surface area contributed by atoms with E-state index < -0.39 is 21.9 Å². The Morgan fingerprint density at radius 3 is 2.56 bits per heavy atom. The predicted molar refractivity (Wildman–Crippen MR) is 123 cm³/mol. The van der Waals surface area contributed by atoms with E-state index in [0.717, 1.165) is 5.69 Å². The first-order valence-electron chi connectivity index (χ1n) is 10.7. The fourth-order valence-electron chi connectivity index (χ4n) is 4.21. The average molecular weight is 483 g/mol. The van der Waals surface area contributed by atoms with Crippen molar-refractivity contribution in [3.63, 3.8) is 0 Å². The number of anilines is 1. The van der Waals surface area contributed by atoms with E-state index in [9.17, 15) is 18.0 Å². The van der Waals surface area contributed by atoms with Gasteiger partial charge in [-0.25, -0.2) is 18.2 Å². The first-order chi connectivity index (χ1) is 15.1. The van der Waals surface area contributed by atoms with Crippen LogP contribution in [0.4, 0.5) is 5.13 Å². The molecule has 1 amide bonds. The summed E-state index contributed by atoms with van der Waals surface area (Å²) in [7, 11) is -4.01. The molecule has 0 spiro atoms. The Kier molecular flexibility index (Phi) is 7.41. The molecule has 3 rings (SSSR count). The zero-order valence-corrected chi connectivity index (χ0v) is 20.7. The number of piperidine rings is 1. The van der Waals surface area contributed by atoms with E-state index in [2.05, 4.69) is 10.3 Å². The van der Waals surface area contributed by atoms with Crippen LogP contribution >= 0.6 is 11.3 Å². The highest BCUT2D eigenvalue weighted by Crippen LogP contribution is 2.33. The molecule has 1 N–H and O–H groups in total. The molecule has 1 aliphatic heterocycles. The van der Waals surface area contributed by atoms with Crippen LogP contribution in [0.15, 0.2) is 10.3 Å². The predicted octanol–water partition coefficient (Wildman–Crippen LogP) is 3.11. The molecule has 0 unspecified atom stereocenters. The number of hydrogen-bond donors (Lipinski definition) is 1. The van der Waals surface area contributed by atoms with Crippen molar-refractivity contribution in [1.82, 2.24) is 13.9 Å². The normalized spacial score (nSPS) is 17.3. The quantitative estimate of drug-likeness (QED) is 0.607. The molecule has 9 nitrogen and oxygen atoms in total. The number of nitrogens with one attached hydrogen (secondary N) is 1. The number of nitrogens with zero attached hydrogens (tertiary/aromatic N) is 3. The SMILES string of the molecule is CCOC(=O)c1c(S(=O)(=O)N2CCC[C@H](C(=O)Nc3nc(C)cs3)C2)c(C)n(CC)c1C. The van der Waals surface area contributed by atoms with E-state index in [1.54, 1.807) is 25.3 Å². The highest BCUT2D eigenvalue weighted by molar-refractivity contribution is 7.89. The number of thiazole rings is 1. The Labute approximate surface area is 192 Å². The summed E-state index contributed by atoms with van der Waals surface area (Å²) in [6.45, 7) is 9.87. The number of sulfonamides is 1. The molecule has 1 aliphatic rings. The van der Waals surface area contributed by atoms with Crippen molar-refractivity contribution in [2.75, 3.05) is 25.0 Å².